The third-order valence-electron chi connectivity index (χ3n) is 3.55. The molecule has 1 nitrogen and oxygen atoms in total. The number of hydrogen-bond donors (Lipinski definition) is 0. The molecule has 2 rings (SSSR count). The molecule has 0 amide bonds. The molecule has 2 heteroatoms. The average Bonchev–Trinajstić information content (AvgIpc) is 2.65. The van der Waals surface area contributed by atoms with Gasteiger partial charge >= 0.3 is 0 Å². The second-order valence-corrected chi connectivity index (χ2v) is 4.48. The van der Waals surface area contributed by atoms with Crippen LogP contribution in [0.1, 0.15) is 58.7 Å². The van der Waals surface area contributed by atoms with Crippen LogP contribution in [0.3, 0.4) is 0 Å². The quantitative estimate of drug-likeness (QED) is 0.541. The highest BCUT2D eigenvalue weighted by atomic mass is 19.1. The number of halogens is 1. The molecule has 0 spiro atoms. The molecular formula is C21H34FN. The zero-order valence-electron chi connectivity index (χ0n) is 16.2. The van der Waals surface area contributed by atoms with Gasteiger partial charge in [0.1, 0.15) is 0 Å². The van der Waals surface area contributed by atoms with Crippen LogP contribution in [0.4, 0.5) is 4.39 Å². The summed E-state index contributed by atoms with van der Waals surface area (Å²) in [4.78, 5) is 2.32. The summed E-state index contributed by atoms with van der Waals surface area (Å²) in [7, 11) is 2.65. The van der Waals surface area contributed by atoms with Crippen LogP contribution in [0, 0.1) is 0 Å². The van der Waals surface area contributed by atoms with Crippen LogP contribution < -0.4 is 0 Å². The van der Waals surface area contributed by atoms with Gasteiger partial charge in [-0.05, 0) is 36.6 Å². The third kappa shape index (κ3) is 6.05. The molecule has 1 aromatic carbocycles. The molecule has 1 heterocycles. The number of fused-ring (bicyclic) bond motifs is 1. The Morgan fingerprint density at radius 1 is 1.09 bits per heavy atom. The van der Waals surface area contributed by atoms with Crippen LogP contribution in [0.15, 0.2) is 54.8 Å². The highest BCUT2D eigenvalue weighted by Gasteiger charge is 2.23. The third-order valence-corrected chi connectivity index (χ3v) is 3.55. The van der Waals surface area contributed by atoms with Gasteiger partial charge in [0.25, 0.3) is 0 Å². The second kappa shape index (κ2) is 13.8. The van der Waals surface area contributed by atoms with E-state index in [-0.39, 0.29) is 0 Å². The number of likely N-dealkylation sites (N-methyl/N-ethyl adjacent to an activating group) is 1. The first-order chi connectivity index (χ1) is 11.2. The molecule has 0 aliphatic carbocycles. The highest BCUT2D eigenvalue weighted by molar-refractivity contribution is 5.73. The van der Waals surface area contributed by atoms with Crippen LogP contribution in [0.2, 0.25) is 0 Å². The van der Waals surface area contributed by atoms with E-state index in [1.807, 2.05) is 39.8 Å². The fraction of sp³-hybridized carbons (Fsp3) is 0.429. The van der Waals surface area contributed by atoms with Crippen LogP contribution in [0.25, 0.3) is 5.57 Å². The Morgan fingerprint density at radius 2 is 1.61 bits per heavy atom. The zero-order chi connectivity index (χ0) is 18.4. The fourth-order valence-electron chi connectivity index (χ4n) is 2.42. The van der Waals surface area contributed by atoms with E-state index in [0.717, 1.165) is 0 Å². The van der Waals surface area contributed by atoms with Gasteiger partial charge in [0.15, 0.2) is 0 Å². The molecule has 0 bridgehead atoms. The SMILES string of the molecule is C=C/C=C\C1=C(C)c2ccccc2C(C)N1C.CC.CC.CF. The van der Waals surface area contributed by atoms with Gasteiger partial charge < -0.3 is 4.90 Å². The Balaban J connectivity index is 0. The van der Waals surface area contributed by atoms with E-state index in [9.17, 15) is 4.39 Å². The molecule has 1 atom stereocenters. The van der Waals surface area contributed by atoms with Gasteiger partial charge in [0.05, 0.1) is 13.2 Å². The summed E-state index contributed by atoms with van der Waals surface area (Å²) in [5, 5.41) is 0. The van der Waals surface area contributed by atoms with E-state index in [4.69, 9.17) is 0 Å². The molecule has 1 aliphatic heterocycles. The Morgan fingerprint density at radius 3 is 2.13 bits per heavy atom. The van der Waals surface area contributed by atoms with Crippen molar-refractivity contribution in [2.24, 2.45) is 0 Å². The van der Waals surface area contributed by atoms with Crippen molar-refractivity contribution in [3.8, 4) is 0 Å². The molecule has 1 unspecified atom stereocenters. The van der Waals surface area contributed by atoms with Crippen molar-refractivity contribution in [1.29, 1.82) is 0 Å². The Hall–Kier alpha value is -1.83. The van der Waals surface area contributed by atoms with Gasteiger partial charge in [0, 0.05) is 12.7 Å². The van der Waals surface area contributed by atoms with Crippen molar-refractivity contribution >= 4 is 5.57 Å². The van der Waals surface area contributed by atoms with E-state index in [2.05, 4.69) is 62.7 Å². The largest absolute Gasteiger partial charge is 0.368 e. The summed E-state index contributed by atoms with van der Waals surface area (Å²) in [6, 6.07) is 9.06. The molecule has 0 aromatic heterocycles. The standard InChI is InChI=1S/C16H19N.2C2H6.CH3F/c1-5-6-11-16-12(2)14-9-7-8-10-15(14)13(3)17(16)4;3*1-2/h5-11,13H,1H2,2-4H3;2*1-2H3;1H3/b11-6-;;;. The van der Waals surface area contributed by atoms with Gasteiger partial charge in [-0.3, -0.25) is 4.39 Å². The number of benzene rings is 1. The lowest BCUT2D eigenvalue weighted by atomic mass is 9.90. The van der Waals surface area contributed by atoms with Crippen molar-refractivity contribution in [2.45, 2.75) is 47.6 Å². The van der Waals surface area contributed by atoms with E-state index in [1.54, 1.807) is 0 Å². The predicted molar refractivity (Wildman–Crippen MR) is 104 cm³/mol. The average molecular weight is 320 g/mol. The van der Waals surface area contributed by atoms with Crippen LogP contribution in [-0.2, 0) is 0 Å². The monoisotopic (exact) mass is 319 g/mol. The van der Waals surface area contributed by atoms with Crippen molar-refractivity contribution < 1.29 is 4.39 Å². The van der Waals surface area contributed by atoms with E-state index >= 15 is 0 Å². The van der Waals surface area contributed by atoms with Gasteiger partial charge in [0.2, 0.25) is 0 Å². The summed E-state index contributed by atoms with van der Waals surface area (Å²) in [5.41, 5.74) is 5.38. The molecule has 0 saturated carbocycles. The van der Waals surface area contributed by atoms with Gasteiger partial charge in [-0.2, -0.15) is 0 Å². The van der Waals surface area contributed by atoms with Gasteiger partial charge in [-0.1, -0.05) is 70.7 Å². The minimum atomic E-state index is 0.416. The van der Waals surface area contributed by atoms with Crippen molar-refractivity contribution in [1.82, 2.24) is 4.90 Å². The minimum absolute atomic E-state index is 0.416. The number of alkyl halides is 1. The van der Waals surface area contributed by atoms with Crippen LogP contribution in [-0.4, -0.2) is 19.1 Å². The predicted octanol–water partition coefficient (Wildman–Crippen LogP) is 6.80. The molecule has 0 radical (unpaired) electrons. The van der Waals surface area contributed by atoms with Crippen LogP contribution >= 0.6 is 0 Å². The Kier molecular flexibility index (Phi) is 14.1. The van der Waals surface area contributed by atoms with E-state index in [0.29, 0.717) is 13.2 Å². The number of allylic oxidation sites excluding steroid dienone is 4. The maximum atomic E-state index is 9.50. The zero-order valence-corrected chi connectivity index (χ0v) is 16.2. The topological polar surface area (TPSA) is 3.24 Å². The first-order valence-electron chi connectivity index (χ1n) is 8.36. The molecule has 1 aliphatic rings. The van der Waals surface area contributed by atoms with E-state index < -0.39 is 0 Å². The van der Waals surface area contributed by atoms with Crippen molar-refractivity contribution in [3.05, 3.63) is 65.9 Å². The van der Waals surface area contributed by atoms with Gasteiger partial charge in [-0.25, -0.2) is 0 Å². The van der Waals surface area contributed by atoms with Crippen molar-refractivity contribution in [2.75, 3.05) is 14.2 Å². The molecule has 1 aromatic rings. The Labute approximate surface area is 143 Å². The maximum absolute atomic E-state index is 9.50. The summed E-state index contributed by atoms with van der Waals surface area (Å²) < 4.78 is 9.50. The van der Waals surface area contributed by atoms with Gasteiger partial charge in [-0.15, -0.1) is 0 Å². The normalized spacial score (nSPS) is 15.3. The molecule has 23 heavy (non-hydrogen) atoms. The van der Waals surface area contributed by atoms with E-state index in [1.165, 1.54) is 22.4 Å². The lowest BCUT2D eigenvalue weighted by Gasteiger charge is -2.36. The minimum Gasteiger partial charge on any atom is -0.368 e. The maximum Gasteiger partial charge on any atom is 0.0785 e. The first-order valence-corrected chi connectivity index (χ1v) is 8.36. The summed E-state index contributed by atoms with van der Waals surface area (Å²) >= 11 is 0. The first kappa shape index (κ1) is 23.4. The smallest absolute Gasteiger partial charge is 0.0785 e. The second-order valence-electron chi connectivity index (χ2n) is 4.48. The van der Waals surface area contributed by atoms with Crippen molar-refractivity contribution in [3.63, 3.8) is 0 Å². The summed E-state index contributed by atoms with van der Waals surface area (Å²) in [6.07, 6.45) is 5.95. The number of rotatable bonds is 2. The molecule has 130 valence electrons. The lowest BCUT2D eigenvalue weighted by molar-refractivity contribution is 0.335. The number of nitrogens with zero attached hydrogens (tertiary/aromatic N) is 1. The number of hydrogen-bond acceptors (Lipinski definition) is 1. The Bertz CT molecular complexity index is 500. The highest BCUT2D eigenvalue weighted by Crippen LogP contribution is 2.37. The molecular weight excluding hydrogens is 285 g/mol. The summed E-state index contributed by atoms with van der Waals surface area (Å²) in [6.45, 7) is 16.2. The molecule has 0 saturated heterocycles. The fourth-order valence-corrected chi connectivity index (χ4v) is 2.42. The molecule has 0 fully saturated rings. The van der Waals surface area contributed by atoms with Crippen LogP contribution in [0.5, 0.6) is 0 Å². The lowest BCUT2D eigenvalue weighted by Crippen LogP contribution is -2.26. The summed E-state index contributed by atoms with van der Waals surface area (Å²) in [5.74, 6) is 0. The molecule has 0 N–H and O–H groups in total.